The molecule has 1 unspecified atom stereocenters. The second kappa shape index (κ2) is 11.4. The number of ether oxygens (including phenoxy) is 2. The molecule has 152 valence electrons. The highest BCUT2D eigenvalue weighted by Gasteiger charge is 2.18. The molecule has 28 heavy (non-hydrogen) atoms. The zero-order valence-corrected chi connectivity index (χ0v) is 17.0. The van der Waals surface area contributed by atoms with Gasteiger partial charge in [0.2, 0.25) is 0 Å². The summed E-state index contributed by atoms with van der Waals surface area (Å²) < 4.78 is 12.9. The fourth-order valence-corrected chi connectivity index (χ4v) is 3.07. The summed E-state index contributed by atoms with van der Waals surface area (Å²) in [5.41, 5.74) is 10.5. The van der Waals surface area contributed by atoms with Crippen LogP contribution in [0.1, 0.15) is 30.1 Å². The molecule has 0 aliphatic carbocycles. The first-order valence-electron chi connectivity index (χ1n) is 9.62. The molecule has 1 aromatic carbocycles. The van der Waals surface area contributed by atoms with E-state index in [1.54, 1.807) is 7.11 Å². The maximum absolute atomic E-state index is 6.27. The molecule has 0 spiro atoms. The number of rotatable bonds is 9. The molecule has 1 heterocycles. The summed E-state index contributed by atoms with van der Waals surface area (Å²) in [5.74, 6) is 0.525. The highest BCUT2D eigenvalue weighted by molar-refractivity contribution is 5.76. The van der Waals surface area contributed by atoms with Gasteiger partial charge in [0.15, 0.2) is 0 Å². The summed E-state index contributed by atoms with van der Waals surface area (Å²) >= 11 is 0. The Bertz CT molecular complexity index is 734. The first-order chi connectivity index (χ1) is 13.6. The Morgan fingerprint density at radius 3 is 2.93 bits per heavy atom. The number of nitrogens with one attached hydrogen (secondary N) is 2. The van der Waals surface area contributed by atoms with Gasteiger partial charge < -0.3 is 14.8 Å². The van der Waals surface area contributed by atoms with Gasteiger partial charge in [-0.15, -0.1) is 0 Å². The number of benzene rings is 1. The Morgan fingerprint density at radius 1 is 1.46 bits per heavy atom. The molecule has 1 atom stereocenters. The van der Waals surface area contributed by atoms with Gasteiger partial charge >= 0.3 is 5.96 Å². The van der Waals surface area contributed by atoms with E-state index in [0.717, 1.165) is 61.5 Å². The smallest absolute Gasteiger partial charge is 0.352 e. The highest BCUT2D eigenvalue weighted by Crippen LogP contribution is 2.26. The molecule has 6 nitrogen and oxygen atoms in total. The van der Waals surface area contributed by atoms with Crippen molar-refractivity contribution in [3.8, 4) is 0 Å². The average Bonchev–Trinajstić information content (AvgIpc) is 2.75. The summed E-state index contributed by atoms with van der Waals surface area (Å²) in [7, 11) is 3.63. The van der Waals surface area contributed by atoms with Crippen LogP contribution in [0.3, 0.4) is 0 Å². The summed E-state index contributed by atoms with van der Waals surface area (Å²) in [6.07, 6.45) is 7.44. The fourth-order valence-electron chi connectivity index (χ4n) is 3.07. The molecule has 0 radical (unpaired) electrons. The fraction of sp³-hybridized carbons (Fsp3) is 0.409. The van der Waals surface area contributed by atoms with Crippen molar-refractivity contribution in [3.63, 3.8) is 0 Å². The summed E-state index contributed by atoms with van der Waals surface area (Å²) in [4.78, 5) is 0. The quantitative estimate of drug-likeness (QED) is 0.200. The minimum atomic E-state index is 0.0661. The van der Waals surface area contributed by atoms with Crippen molar-refractivity contribution in [2.45, 2.75) is 18.9 Å². The SMILES string of the molecule is C=CC(=CNC(N)=[N+](C)c1ccc(C2CNCCO2)cc1C=C)CCCOC. The normalized spacial score (nSPS) is 18.4. The van der Waals surface area contributed by atoms with Crippen LogP contribution in [-0.2, 0) is 9.47 Å². The van der Waals surface area contributed by atoms with E-state index in [2.05, 4.69) is 42.0 Å². The topological polar surface area (TPSA) is 71.5 Å². The van der Waals surface area contributed by atoms with E-state index in [4.69, 9.17) is 15.2 Å². The molecule has 0 saturated carbocycles. The molecule has 0 bridgehead atoms. The van der Waals surface area contributed by atoms with Crippen molar-refractivity contribution in [1.82, 2.24) is 10.6 Å². The predicted molar refractivity (Wildman–Crippen MR) is 116 cm³/mol. The van der Waals surface area contributed by atoms with Crippen molar-refractivity contribution in [2.24, 2.45) is 5.73 Å². The number of allylic oxidation sites excluding steroid dienone is 2. The largest absolute Gasteiger partial charge is 0.385 e. The van der Waals surface area contributed by atoms with Gasteiger partial charge in [-0.1, -0.05) is 31.4 Å². The Morgan fingerprint density at radius 2 is 2.29 bits per heavy atom. The van der Waals surface area contributed by atoms with Crippen molar-refractivity contribution >= 4 is 17.7 Å². The molecule has 1 aliphatic heterocycles. The summed E-state index contributed by atoms with van der Waals surface area (Å²) in [6, 6.07) is 6.24. The number of methoxy groups -OCH3 is 1. The number of nitrogens with zero attached hydrogens (tertiary/aromatic N) is 1. The first-order valence-corrected chi connectivity index (χ1v) is 9.62. The van der Waals surface area contributed by atoms with Crippen LogP contribution in [0.5, 0.6) is 0 Å². The number of morpholine rings is 1. The van der Waals surface area contributed by atoms with Crippen LogP contribution >= 0.6 is 0 Å². The maximum Gasteiger partial charge on any atom is 0.352 e. The van der Waals surface area contributed by atoms with Crippen LogP contribution in [0.4, 0.5) is 5.69 Å². The third kappa shape index (κ3) is 6.05. The van der Waals surface area contributed by atoms with Gasteiger partial charge in [0.05, 0.1) is 26.0 Å². The molecule has 0 amide bonds. The summed E-state index contributed by atoms with van der Waals surface area (Å²) in [6.45, 7) is 11.0. The molecule has 0 aromatic heterocycles. The number of guanidine groups is 1. The van der Waals surface area contributed by atoms with Crippen LogP contribution in [0.2, 0.25) is 0 Å². The van der Waals surface area contributed by atoms with Crippen LogP contribution in [-0.4, -0.2) is 51.0 Å². The molecular formula is C22H33N4O2+. The Labute approximate surface area is 168 Å². The lowest BCUT2D eigenvalue weighted by molar-refractivity contribution is -0.408. The lowest BCUT2D eigenvalue weighted by Crippen LogP contribution is -2.35. The third-order valence-corrected chi connectivity index (χ3v) is 4.78. The van der Waals surface area contributed by atoms with Crippen LogP contribution in [0.15, 0.2) is 49.2 Å². The molecule has 1 aromatic rings. The summed E-state index contributed by atoms with van der Waals surface area (Å²) in [5, 5.41) is 6.53. The second-order valence-corrected chi connectivity index (χ2v) is 6.69. The van der Waals surface area contributed by atoms with Crippen LogP contribution in [0, 0.1) is 0 Å². The van der Waals surface area contributed by atoms with E-state index < -0.39 is 0 Å². The molecule has 1 fully saturated rings. The first kappa shape index (κ1) is 21.9. The molecule has 1 saturated heterocycles. The zero-order chi connectivity index (χ0) is 20.4. The van der Waals surface area contributed by atoms with Gasteiger partial charge in [-0.05, 0) is 36.1 Å². The number of nitrogens with two attached hydrogens (primary N) is 1. The van der Waals surface area contributed by atoms with E-state index in [0.29, 0.717) is 5.96 Å². The monoisotopic (exact) mass is 385 g/mol. The van der Waals surface area contributed by atoms with Crippen molar-refractivity contribution in [2.75, 3.05) is 40.5 Å². The molecule has 6 heteroatoms. The number of hydrogen-bond donors (Lipinski definition) is 3. The van der Waals surface area contributed by atoms with Gasteiger partial charge in [-0.3, -0.25) is 11.1 Å². The Kier molecular flexibility index (Phi) is 8.94. The third-order valence-electron chi connectivity index (χ3n) is 4.78. The van der Waals surface area contributed by atoms with Crippen LogP contribution in [0.25, 0.3) is 6.08 Å². The lowest BCUT2D eigenvalue weighted by Gasteiger charge is -2.24. The van der Waals surface area contributed by atoms with Gasteiger partial charge in [0.1, 0.15) is 5.69 Å². The Balaban J connectivity index is 2.16. The maximum atomic E-state index is 6.27. The van der Waals surface area contributed by atoms with E-state index in [-0.39, 0.29) is 6.10 Å². The van der Waals surface area contributed by atoms with Crippen molar-refractivity contribution in [3.05, 3.63) is 60.3 Å². The molecule has 1 aliphatic rings. The Hall–Kier alpha value is -2.41. The van der Waals surface area contributed by atoms with E-state index in [1.807, 2.05) is 30.0 Å². The van der Waals surface area contributed by atoms with Gasteiger partial charge in [0.25, 0.3) is 0 Å². The predicted octanol–water partition coefficient (Wildman–Crippen LogP) is 2.67. The molecule has 4 N–H and O–H groups in total. The van der Waals surface area contributed by atoms with E-state index in [1.165, 1.54) is 0 Å². The number of hydrogen-bond acceptors (Lipinski definition) is 3. The molecule has 2 rings (SSSR count). The minimum Gasteiger partial charge on any atom is -0.385 e. The zero-order valence-electron chi connectivity index (χ0n) is 17.0. The minimum absolute atomic E-state index is 0.0661. The van der Waals surface area contributed by atoms with Gasteiger partial charge in [0, 0.05) is 32.4 Å². The van der Waals surface area contributed by atoms with Crippen molar-refractivity contribution < 1.29 is 14.0 Å². The highest BCUT2D eigenvalue weighted by atomic mass is 16.5. The van der Waals surface area contributed by atoms with Crippen molar-refractivity contribution in [1.29, 1.82) is 0 Å². The average molecular weight is 386 g/mol. The van der Waals surface area contributed by atoms with Gasteiger partial charge in [-0.2, -0.15) is 0 Å². The lowest BCUT2D eigenvalue weighted by atomic mass is 10.0. The standard InChI is InChI=1S/C22H32N4O2/c1-5-17(8-7-12-27-4)15-25-22(23)26(3)20-10-9-19(14-18(20)6-2)21-16-24-11-13-28-21/h5-6,9-10,14-15,21,24H,1-2,7-8,11-13,16H2,3-4H3,(H2,23,25)/p+1. The van der Waals surface area contributed by atoms with E-state index in [9.17, 15) is 0 Å². The van der Waals surface area contributed by atoms with Gasteiger partial charge in [-0.25, -0.2) is 4.58 Å². The van der Waals surface area contributed by atoms with E-state index >= 15 is 0 Å². The second-order valence-electron chi connectivity index (χ2n) is 6.69. The molecular weight excluding hydrogens is 352 g/mol. The van der Waals surface area contributed by atoms with Crippen LogP contribution < -0.4 is 16.4 Å².